The van der Waals surface area contributed by atoms with Crippen molar-refractivity contribution in [2.24, 2.45) is 0 Å². The Balaban J connectivity index is 1.89. The van der Waals surface area contributed by atoms with E-state index in [-0.39, 0.29) is 24.2 Å². The largest absolute Gasteiger partial charge is 0.482 e. The van der Waals surface area contributed by atoms with Crippen LogP contribution in [0.4, 0.5) is 5.69 Å². The minimum atomic E-state index is -0.595. The van der Waals surface area contributed by atoms with Crippen molar-refractivity contribution in [1.29, 1.82) is 0 Å². The standard InChI is InChI=1S/C18H20N2O4S/c1-3-6-20-14-9-13(4-5-15(14)24-10-16(20)21)18(23)12(2)19-7-8-25-11-17(19)22/h4-5,7-9,12H,3,6,10-11H2,1-2H3. The van der Waals surface area contributed by atoms with E-state index in [1.54, 1.807) is 36.2 Å². The smallest absolute Gasteiger partial charge is 0.265 e. The van der Waals surface area contributed by atoms with E-state index in [1.165, 1.54) is 16.7 Å². The zero-order chi connectivity index (χ0) is 18.0. The maximum Gasteiger partial charge on any atom is 0.265 e. The van der Waals surface area contributed by atoms with Gasteiger partial charge in [0.15, 0.2) is 12.4 Å². The number of anilines is 1. The summed E-state index contributed by atoms with van der Waals surface area (Å²) in [5, 5.41) is 1.81. The van der Waals surface area contributed by atoms with Gasteiger partial charge in [-0.05, 0) is 37.0 Å². The zero-order valence-electron chi connectivity index (χ0n) is 14.2. The van der Waals surface area contributed by atoms with Crippen LogP contribution in [0.25, 0.3) is 0 Å². The molecule has 1 atom stereocenters. The number of hydrogen-bond acceptors (Lipinski definition) is 5. The fraction of sp³-hybridized carbons (Fsp3) is 0.389. The summed E-state index contributed by atoms with van der Waals surface area (Å²) < 4.78 is 5.46. The Hall–Kier alpha value is -2.28. The third-order valence-electron chi connectivity index (χ3n) is 4.24. The molecule has 0 radical (unpaired) electrons. The number of carbonyl (C=O) groups is 3. The fourth-order valence-corrected chi connectivity index (χ4v) is 3.53. The first-order chi connectivity index (χ1) is 12.0. The highest BCUT2D eigenvalue weighted by Gasteiger charge is 2.29. The molecule has 2 heterocycles. The zero-order valence-corrected chi connectivity index (χ0v) is 15.0. The second-order valence-electron chi connectivity index (χ2n) is 5.95. The molecule has 0 spiro atoms. The van der Waals surface area contributed by atoms with Crippen LogP contribution in [0.2, 0.25) is 0 Å². The number of benzene rings is 1. The normalized spacial score (nSPS) is 18.0. The molecule has 1 aromatic rings. The molecule has 1 unspecified atom stereocenters. The van der Waals surface area contributed by atoms with Crippen molar-refractivity contribution >= 4 is 35.0 Å². The van der Waals surface area contributed by atoms with E-state index in [4.69, 9.17) is 4.74 Å². The van der Waals surface area contributed by atoms with E-state index >= 15 is 0 Å². The number of thioether (sulfide) groups is 1. The molecule has 2 amide bonds. The highest BCUT2D eigenvalue weighted by Crippen LogP contribution is 2.33. The predicted octanol–water partition coefficient (Wildman–Crippen LogP) is 2.44. The van der Waals surface area contributed by atoms with E-state index in [0.29, 0.717) is 29.3 Å². The molecule has 0 N–H and O–H groups in total. The quantitative estimate of drug-likeness (QED) is 0.755. The molecule has 1 aromatic carbocycles. The molecular weight excluding hydrogens is 340 g/mol. The lowest BCUT2D eigenvalue weighted by Crippen LogP contribution is -2.42. The fourth-order valence-electron chi connectivity index (χ4n) is 2.92. The molecular formula is C18H20N2O4S. The summed E-state index contributed by atoms with van der Waals surface area (Å²) in [5.74, 6) is 0.575. The molecule has 0 fully saturated rings. The summed E-state index contributed by atoms with van der Waals surface area (Å²) in [6.45, 7) is 4.30. The van der Waals surface area contributed by atoms with Crippen molar-refractivity contribution in [2.45, 2.75) is 26.3 Å². The number of amides is 2. The third-order valence-corrected chi connectivity index (χ3v) is 4.97. The number of nitrogens with zero attached hydrogens (tertiary/aromatic N) is 2. The van der Waals surface area contributed by atoms with E-state index in [9.17, 15) is 14.4 Å². The molecule has 0 saturated heterocycles. The van der Waals surface area contributed by atoms with Gasteiger partial charge in [-0.1, -0.05) is 6.92 Å². The van der Waals surface area contributed by atoms with Crippen LogP contribution in [0.5, 0.6) is 5.75 Å². The molecule has 25 heavy (non-hydrogen) atoms. The number of hydrogen-bond donors (Lipinski definition) is 0. The van der Waals surface area contributed by atoms with Gasteiger partial charge in [0.1, 0.15) is 5.75 Å². The highest BCUT2D eigenvalue weighted by molar-refractivity contribution is 8.02. The summed E-state index contributed by atoms with van der Waals surface area (Å²) in [4.78, 5) is 40.1. The Morgan fingerprint density at radius 2 is 2.12 bits per heavy atom. The molecule has 0 aromatic heterocycles. The molecule has 6 nitrogen and oxygen atoms in total. The van der Waals surface area contributed by atoms with E-state index in [1.807, 2.05) is 12.3 Å². The first-order valence-electron chi connectivity index (χ1n) is 8.23. The maximum absolute atomic E-state index is 12.8. The van der Waals surface area contributed by atoms with Gasteiger partial charge in [0.05, 0.1) is 17.5 Å². The van der Waals surface area contributed by atoms with Gasteiger partial charge in [0.25, 0.3) is 5.91 Å². The molecule has 2 aliphatic heterocycles. The van der Waals surface area contributed by atoms with Gasteiger partial charge in [-0.2, -0.15) is 0 Å². The van der Waals surface area contributed by atoms with Crippen molar-refractivity contribution in [1.82, 2.24) is 4.90 Å². The molecule has 132 valence electrons. The highest BCUT2D eigenvalue weighted by atomic mass is 32.2. The van der Waals surface area contributed by atoms with Crippen molar-refractivity contribution in [3.05, 3.63) is 35.4 Å². The van der Waals surface area contributed by atoms with Crippen LogP contribution in [0, 0.1) is 0 Å². The lowest BCUT2D eigenvalue weighted by molar-refractivity contribution is -0.127. The number of carbonyl (C=O) groups excluding carboxylic acids is 3. The minimum absolute atomic E-state index is 0.0153. The molecule has 0 saturated carbocycles. The van der Waals surface area contributed by atoms with Gasteiger partial charge >= 0.3 is 0 Å². The van der Waals surface area contributed by atoms with Crippen LogP contribution in [-0.2, 0) is 9.59 Å². The second-order valence-corrected chi connectivity index (χ2v) is 6.85. The van der Waals surface area contributed by atoms with Crippen LogP contribution < -0.4 is 9.64 Å². The van der Waals surface area contributed by atoms with Crippen molar-refractivity contribution in [3.8, 4) is 5.75 Å². The van der Waals surface area contributed by atoms with Crippen LogP contribution in [0.15, 0.2) is 29.8 Å². The Bertz CT molecular complexity index is 747. The molecule has 0 bridgehead atoms. The van der Waals surface area contributed by atoms with Crippen molar-refractivity contribution in [2.75, 3.05) is 23.8 Å². The molecule has 0 aliphatic carbocycles. The Morgan fingerprint density at radius 1 is 1.32 bits per heavy atom. The maximum atomic E-state index is 12.8. The van der Waals surface area contributed by atoms with Crippen molar-refractivity contribution in [3.63, 3.8) is 0 Å². The summed E-state index contributed by atoms with van der Waals surface area (Å²) in [6.07, 6.45) is 2.46. The average Bonchev–Trinajstić information content (AvgIpc) is 2.63. The van der Waals surface area contributed by atoms with E-state index < -0.39 is 6.04 Å². The summed E-state index contributed by atoms with van der Waals surface area (Å²) in [6, 6.07) is 4.49. The average molecular weight is 360 g/mol. The third kappa shape index (κ3) is 3.42. The lowest BCUT2D eigenvalue weighted by atomic mass is 10.0. The van der Waals surface area contributed by atoms with Gasteiger partial charge in [-0.25, -0.2) is 0 Å². The summed E-state index contributed by atoms with van der Waals surface area (Å²) >= 11 is 1.41. The van der Waals surface area contributed by atoms with Gasteiger partial charge in [0, 0.05) is 18.3 Å². The summed E-state index contributed by atoms with van der Waals surface area (Å²) in [7, 11) is 0. The predicted molar refractivity (Wildman–Crippen MR) is 96.8 cm³/mol. The molecule has 2 aliphatic rings. The number of fused-ring (bicyclic) bond motifs is 1. The Morgan fingerprint density at radius 3 is 2.84 bits per heavy atom. The number of ketones is 1. The van der Waals surface area contributed by atoms with Gasteiger partial charge < -0.3 is 14.5 Å². The second kappa shape index (κ2) is 7.31. The summed E-state index contributed by atoms with van der Waals surface area (Å²) in [5.41, 5.74) is 1.08. The van der Waals surface area contributed by atoms with Crippen molar-refractivity contribution < 1.29 is 19.1 Å². The van der Waals surface area contributed by atoms with Crippen LogP contribution in [0.1, 0.15) is 30.6 Å². The van der Waals surface area contributed by atoms with Crippen LogP contribution in [-0.4, -0.2) is 47.4 Å². The Kier molecular flexibility index (Phi) is 5.13. The van der Waals surface area contributed by atoms with Crippen LogP contribution in [0.3, 0.4) is 0 Å². The van der Waals surface area contributed by atoms with Gasteiger partial charge in [0.2, 0.25) is 5.91 Å². The first kappa shape index (κ1) is 17.5. The topological polar surface area (TPSA) is 66.9 Å². The first-order valence-corrected chi connectivity index (χ1v) is 9.28. The van der Waals surface area contributed by atoms with Gasteiger partial charge in [-0.3, -0.25) is 14.4 Å². The number of ether oxygens (including phenoxy) is 1. The SMILES string of the molecule is CCCN1C(=O)COc2ccc(C(=O)C(C)N3C=CSCC3=O)cc21. The van der Waals surface area contributed by atoms with E-state index in [2.05, 4.69) is 0 Å². The van der Waals surface area contributed by atoms with Crippen LogP contribution >= 0.6 is 11.8 Å². The Labute approximate surface area is 150 Å². The monoisotopic (exact) mass is 360 g/mol. The molecule has 7 heteroatoms. The minimum Gasteiger partial charge on any atom is -0.482 e. The van der Waals surface area contributed by atoms with Gasteiger partial charge in [-0.15, -0.1) is 11.8 Å². The molecule has 3 rings (SSSR count). The van der Waals surface area contributed by atoms with E-state index in [0.717, 1.165) is 6.42 Å². The number of rotatable bonds is 5. The lowest BCUT2D eigenvalue weighted by Gasteiger charge is -2.30. The number of Topliss-reactive ketones (excluding diaryl/α,β-unsaturated/α-hetero) is 1.